The number of unbranched alkanes of at least 4 members (excludes halogenated alkanes) is 2. The molecule has 0 saturated carbocycles. The van der Waals surface area contributed by atoms with Crippen molar-refractivity contribution >= 4 is 0 Å². The molecule has 0 saturated heterocycles. The highest BCUT2D eigenvalue weighted by Gasteiger charge is 1.97. The molecule has 0 aliphatic rings. The highest BCUT2D eigenvalue weighted by atomic mass is 15.1. The van der Waals surface area contributed by atoms with Gasteiger partial charge in [-0.1, -0.05) is 13.3 Å². The molecule has 14 heavy (non-hydrogen) atoms. The van der Waals surface area contributed by atoms with E-state index in [0.29, 0.717) is 0 Å². The van der Waals surface area contributed by atoms with Crippen molar-refractivity contribution in [2.24, 2.45) is 7.05 Å². The van der Waals surface area contributed by atoms with Crippen molar-refractivity contribution in [1.29, 1.82) is 0 Å². The van der Waals surface area contributed by atoms with E-state index in [4.69, 9.17) is 11.1 Å². The molecule has 0 unspecified atom stereocenters. The fourth-order valence-electron chi connectivity index (χ4n) is 1.18. The van der Waals surface area contributed by atoms with Crippen molar-refractivity contribution in [3.63, 3.8) is 0 Å². The summed E-state index contributed by atoms with van der Waals surface area (Å²) < 4.78 is 4.31. The molecule has 1 aromatic heterocycles. The molecule has 0 spiro atoms. The van der Waals surface area contributed by atoms with Crippen molar-refractivity contribution in [2.75, 3.05) is 0 Å². The number of nitrogens with zero attached hydrogens (tertiary/aromatic N) is 5. The molecule has 1 rings (SSSR count). The zero-order valence-corrected chi connectivity index (χ0v) is 8.80. The smallest absolute Gasteiger partial charge is 0.243 e. The lowest BCUT2D eigenvalue weighted by Crippen LogP contribution is -2.23. The third-order valence-corrected chi connectivity index (χ3v) is 1.84. The van der Waals surface area contributed by atoms with Crippen LogP contribution in [-0.4, -0.2) is 4.57 Å². The Hall–Kier alpha value is -1.48. The topological polar surface area (TPSA) is 67.5 Å². The molecule has 1 heterocycles. The lowest BCUT2D eigenvalue weighted by atomic mass is 10.2. The summed E-state index contributed by atoms with van der Waals surface area (Å²) in [5, 5.41) is 0. The Bertz CT molecular complexity index is 272. The minimum Gasteiger partial charge on any atom is -0.373 e. The minimum absolute atomic E-state index is 1.16. The molecule has 5 heteroatoms. The monoisotopic (exact) mass is 195 g/mol. The lowest BCUT2D eigenvalue weighted by Gasteiger charge is -1.93. The third-order valence-electron chi connectivity index (χ3n) is 1.84. The Morgan fingerprint density at radius 3 is 2.43 bits per heavy atom. The van der Waals surface area contributed by atoms with Gasteiger partial charge in [0, 0.05) is 0 Å². The molecule has 5 nitrogen and oxygen atoms in total. The molecule has 0 radical (unpaired) electrons. The molecule has 0 atom stereocenters. The Balaban J connectivity index is 0.000000500. The Labute approximate surface area is 84.4 Å². The van der Waals surface area contributed by atoms with Crippen molar-refractivity contribution in [3.8, 4) is 0 Å². The van der Waals surface area contributed by atoms with E-state index in [-0.39, 0.29) is 0 Å². The maximum atomic E-state index is 6.75. The molecule has 0 aliphatic carbocycles. The molecular formula is C9H17N5. The molecular weight excluding hydrogens is 178 g/mol. The zero-order chi connectivity index (χ0) is 10.8. The van der Waals surface area contributed by atoms with E-state index < -0.39 is 0 Å². The fourth-order valence-corrected chi connectivity index (χ4v) is 1.18. The molecule has 0 bridgehead atoms. The van der Waals surface area contributed by atoms with Gasteiger partial charge in [-0.05, 0) is 12.8 Å². The van der Waals surface area contributed by atoms with E-state index >= 15 is 0 Å². The second kappa shape index (κ2) is 8.13. The van der Waals surface area contributed by atoms with Gasteiger partial charge in [0.25, 0.3) is 0 Å². The highest BCUT2D eigenvalue weighted by Crippen LogP contribution is 1.96. The van der Waals surface area contributed by atoms with E-state index in [2.05, 4.69) is 41.8 Å². The average molecular weight is 195 g/mol. The summed E-state index contributed by atoms with van der Waals surface area (Å²) in [6.45, 7) is 3.39. The molecule has 78 valence electrons. The van der Waals surface area contributed by atoms with Crippen LogP contribution in [-0.2, 0) is 13.6 Å². The van der Waals surface area contributed by atoms with Gasteiger partial charge in [0.1, 0.15) is 12.4 Å². The summed E-state index contributed by atoms with van der Waals surface area (Å²) in [4.78, 5) is 1.50. The zero-order valence-electron chi connectivity index (χ0n) is 8.80. The van der Waals surface area contributed by atoms with E-state index in [1.165, 1.54) is 24.2 Å². The van der Waals surface area contributed by atoms with Crippen LogP contribution in [0.1, 0.15) is 26.2 Å². The Morgan fingerprint density at radius 1 is 1.36 bits per heavy atom. The summed E-state index contributed by atoms with van der Waals surface area (Å²) in [5.41, 5.74) is 13.5. The van der Waals surface area contributed by atoms with Gasteiger partial charge in [-0.15, -0.1) is 0 Å². The summed E-state index contributed by atoms with van der Waals surface area (Å²) in [6, 6.07) is 0. The first-order valence-corrected chi connectivity index (χ1v) is 4.74. The number of rotatable bonds is 4. The van der Waals surface area contributed by atoms with Crippen LogP contribution in [0.2, 0.25) is 0 Å². The van der Waals surface area contributed by atoms with Gasteiger partial charge in [-0.2, -0.15) is 0 Å². The van der Waals surface area contributed by atoms with Gasteiger partial charge in [0.2, 0.25) is 6.33 Å². The van der Waals surface area contributed by atoms with E-state index in [0.717, 1.165) is 6.54 Å². The van der Waals surface area contributed by atoms with E-state index in [9.17, 15) is 0 Å². The van der Waals surface area contributed by atoms with Crippen LogP contribution in [0.15, 0.2) is 18.7 Å². The van der Waals surface area contributed by atoms with Crippen LogP contribution in [0.25, 0.3) is 16.0 Å². The normalized spacial score (nSPS) is 8.71. The fraction of sp³-hybridized carbons (Fsp3) is 0.667. The van der Waals surface area contributed by atoms with Crippen LogP contribution < -0.4 is 4.57 Å². The molecule has 0 fully saturated rings. The van der Waals surface area contributed by atoms with Gasteiger partial charge >= 0.3 is 0 Å². The van der Waals surface area contributed by atoms with Crippen LogP contribution in [0.3, 0.4) is 0 Å². The number of aryl methyl sites for hydroxylation is 2. The maximum absolute atomic E-state index is 6.75. The molecule has 0 amide bonds. The standard InChI is InChI=1S/C9H17N2.N3/c1-3-4-5-6-11-8-7-10(2)9-11;1-3-2/h7-9H,3-6H2,1-2H3;/q+1;-1. The quantitative estimate of drug-likeness (QED) is 0.233. The van der Waals surface area contributed by atoms with Crippen LogP contribution in [0.5, 0.6) is 0 Å². The van der Waals surface area contributed by atoms with Crippen LogP contribution in [0, 0.1) is 0 Å². The summed E-state index contributed by atoms with van der Waals surface area (Å²) in [5.74, 6) is 0. The van der Waals surface area contributed by atoms with Crippen LogP contribution >= 0.6 is 0 Å². The summed E-state index contributed by atoms with van der Waals surface area (Å²) in [6.07, 6.45) is 10.2. The largest absolute Gasteiger partial charge is 0.373 e. The van der Waals surface area contributed by atoms with E-state index in [1.54, 1.807) is 0 Å². The Morgan fingerprint density at radius 2 is 2.00 bits per heavy atom. The predicted octanol–water partition coefficient (Wildman–Crippen LogP) is 2.37. The van der Waals surface area contributed by atoms with Gasteiger partial charge < -0.3 is 11.1 Å². The van der Waals surface area contributed by atoms with Crippen molar-refractivity contribution in [3.05, 3.63) is 34.7 Å². The first-order valence-electron chi connectivity index (χ1n) is 4.74. The second-order valence-electron chi connectivity index (χ2n) is 3.11. The first-order chi connectivity index (χ1) is 6.74. The summed E-state index contributed by atoms with van der Waals surface area (Å²) in [7, 11) is 2.05. The first kappa shape index (κ1) is 12.5. The van der Waals surface area contributed by atoms with Gasteiger partial charge in [0.05, 0.1) is 13.6 Å². The van der Waals surface area contributed by atoms with Gasteiger partial charge in [0.15, 0.2) is 0 Å². The molecule has 0 aromatic carbocycles. The van der Waals surface area contributed by atoms with E-state index in [1.807, 2.05) is 0 Å². The predicted molar refractivity (Wildman–Crippen MR) is 55.2 cm³/mol. The van der Waals surface area contributed by atoms with Gasteiger partial charge in [-0.25, -0.2) is 9.13 Å². The summed E-state index contributed by atoms with van der Waals surface area (Å²) >= 11 is 0. The van der Waals surface area contributed by atoms with Crippen molar-refractivity contribution in [2.45, 2.75) is 32.7 Å². The van der Waals surface area contributed by atoms with Gasteiger partial charge in [-0.3, -0.25) is 4.91 Å². The number of hydrogen-bond acceptors (Lipinski definition) is 0. The molecule has 1 aromatic rings. The highest BCUT2D eigenvalue weighted by molar-refractivity contribution is 4.65. The van der Waals surface area contributed by atoms with Crippen LogP contribution in [0.4, 0.5) is 0 Å². The third kappa shape index (κ3) is 6.08. The minimum atomic E-state index is 1.16. The average Bonchev–Trinajstić information content (AvgIpc) is 2.53. The molecule has 0 N–H and O–H groups in total. The lowest BCUT2D eigenvalue weighted by molar-refractivity contribution is -0.671. The SMILES string of the molecule is CCCCCn1cc[n+](C)c1.[N-]=[N+]=[N-]. The second-order valence-corrected chi connectivity index (χ2v) is 3.11. The maximum Gasteiger partial charge on any atom is 0.243 e. The van der Waals surface area contributed by atoms with Crippen molar-refractivity contribution < 1.29 is 4.57 Å². The van der Waals surface area contributed by atoms with Crippen molar-refractivity contribution in [1.82, 2.24) is 4.57 Å². The number of imidazole rings is 1. The molecule has 0 aliphatic heterocycles. The number of aromatic nitrogens is 2. The number of hydrogen-bond donors (Lipinski definition) is 0. The Kier molecular flexibility index (Phi) is 7.27.